The molecule has 92 valence electrons. The largest absolute Gasteiger partial charge is 0.286 e. The van der Waals surface area contributed by atoms with Gasteiger partial charge in [0.25, 0.3) is 0 Å². The molecule has 1 aliphatic rings. The predicted molar refractivity (Wildman–Crippen MR) is 75.4 cm³/mol. The molecule has 0 amide bonds. The Balaban J connectivity index is 1.91. The van der Waals surface area contributed by atoms with Gasteiger partial charge in [-0.3, -0.25) is 4.90 Å². The number of rotatable bonds is 4. The average molecular weight is 238 g/mol. The first-order valence-electron chi connectivity index (χ1n) is 7.19. The second kappa shape index (κ2) is 4.95. The molecule has 3 rings (SSSR count). The van der Waals surface area contributed by atoms with Gasteiger partial charge < -0.3 is 0 Å². The average Bonchev–Trinajstić information content (AvgIpc) is 3.14. The van der Waals surface area contributed by atoms with Crippen molar-refractivity contribution < 1.29 is 1.37 Å². The molecule has 1 heterocycles. The maximum atomic E-state index is 8.09. The Labute approximate surface area is 110 Å². The lowest BCUT2D eigenvalue weighted by Crippen LogP contribution is -2.00. The molecule has 0 bridgehead atoms. The van der Waals surface area contributed by atoms with Crippen LogP contribution in [-0.4, -0.2) is 11.4 Å². The Bertz CT molecular complexity index is 552. The molecular formula is C17H19N. The van der Waals surface area contributed by atoms with E-state index in [-0.39, 0.29) is 0 Å². The lowest BCUT2D eigenvalue weighted by molar-refractivity contribution is 0.482. The van der Waals surface area contributed by atoms with Crippen LogP contribution in [0.25, 0.3) is 0 Å². The third-order valence-corrected chi connectivity index (χ3v) is 3.60. The number of nitrogens with zero attached hydrogens (tertiary/aromatic N) is 1. The third-order valence-electron chi connectivity index (χ3n) is 3.60. The minimum absolute atomic E-state index is 0.385. The maximum Gasteiger partial charge on any atom is 0.0626 e. The highest BCUT2D eigenvalue weighted by Gasteiger charge is 2.48. The SMILES string of the molecule is [2H]c1ccccc1[C@H]1[C@H](c2ccccc2)N1CCC. The van der Waals surface area contributed by atoms with E-state index in [4.69, 9.17) is 1.37 Å². The summed E-state index contributed by atoms with van der Waals surface area (Å²) in [6.45, 7) is 3.31. The minimum Gasteiger partial charge on any atom is -0.286 e. The first kappa shape index (κ1) is 10.3. The molecule has 1 saturated heterocycles. The van der Waals surface area contributed by atoms with Gasteiger partial charge >= 0.3 is 0 Å². The van der Waals surface area contributed by atoms with Crippen LogP contribution in [0.1, 0.15) is 37.9 Å². The standard InChI is InChI=1S/C17H19N/c1-2-13-18-16(14-9-5-3-6-10-14)17(18)15-11-7-4-8-12-15/h3-12,16-17H,2,13H2,1H3/t16-,17-/m0/s1/i9D/t16-,17-,18?. The van der Waals surface area contributed by atoms with Crippen molar-refractivity contribution in [2.75, 3.05) is 6.54 Å². The van der Waals surface area contributed by atoms with Crippen LogP contribution in [-0.2, 0) is 0 Å². The van der Waals surface area contributed by atoms with Gasteiger partial charge in [-0.2, -0.15) is 0 Å². The molecule has 1 unspecified atom stereocenters. The van der Waals surface area contributed by atoms with Crippen molar-refractivity contribution in [2.24, 2.45) is 0 Å². The molecule has 0 aromatic heterocycles. The molecule has 3 atom stereocenters. The topological polar surface area (TPSA) is 3.01 Å². The molecule has 0 spiro atoms. The summed E-state index contributed by atoms with van der Waals surface area (Å²) in [5.74, 6) is 0. The van der Waals surface area contributed by atoms with E-state index < -0.39 is 0 Å². The quantitative estimate of drug-likeness (QED) is 0.722. The van der Waals surface area contributed by atoms with Crippen molar-refractivity contribution >= 4 is 0 Å². The summed E-state index contributed by atoms with van der Waals surface area (Å²) in [5.41, 5.74) is 2.52. The van der Waals surface area contributed by atoms with Crippen LogP contribution in [0, 0.1) is 0 Å². The zero-order valence-corrected chi connectivity index (χ0v) is 10.7. The van der Waals surface area contributed by atoms with Crippen LogP contribution in [0.4, 0.5) is 0 Å². The Kier molecular flexibility index (Phi) is 2.84. The first-order valence-corrected chi connectivity index (χ1v) is 6.69. The van der Waals surface area contributed by atoms with Gasteiger partial charge in [-0.25, -0.2) is 0 Å². The molecule has 2 aromatic carbocycles. The van der Waals surface area contributed by atoms with Crippen molar-refractivity contribution in [3.8, 4) is 0 Å². The third kappa shape index (κ3) is 2.06. The zero-order chi connectivity index (χ0) is 13.2. The lowest BCUT2D eigenvalue weighted by Gasteiger charge is -2.00. The fourth-order valence-electron chi connectivity index (χ4n) is 2.78. The van der Waals surface area contributed by atoms with Gasteiger partial charge in [-0.05, 0) is 24.1 Å². The molecule has 0 aliphatic carbocycles. The molecule has 0 saturated carbocycles. The van der Waals surface area contributed by atoms with Crippen molar-refractivity contribution in [2.45, 2.75) is 25.4 Å². The van der Waals surface area contributed by atoms with Crippen molar-refractivity contribution in [3.05, 3.63) is 71.8 Å². The molecule has 18 heavy (non-hydrogen) atoms. The molecular weight excluding hydrogens is 218 g/mol. The van der Waals surface area contributed by atoms with E-state index >= 15 is 0 Å². The fraction of sp³-hybridized carbons (Fsp3) is 0.294. The zero-order valence-electron chi connectivity index (χ0n) is 11.7. The second-order valence-corrected chi connectivity index (χ2v) is 4.86. The summed E-state index contributed by atoms with van der Waals surface area (Å²) in [5, 5.41) is 0. The van der Waals surface area contributed by atoms with Crippen LogP contribution in [0.3, 0.4) is 0 Å². The molecule has 1 aliphatic heterocycles. The Morgan fingerprint density at radius 3 is 2.22 bits per heavy atom. The van der Waals surface area contributed by atoms with E-state index in [1.807, 2.05) is 18.2 Å². The van der Waals surface area contributed by atoms with Gasteiger partial charge in [0.2, 0.25) is 0 Å². The summed E-state index contributed by atoms with van der Waals surface area (Å²) in [7, 11) is 0. The molecule has 1 fully saturated rings. The molecule has 2 aromatic rings. The van der Waals surface area contributed by atoms with E-state index in [2.05, 4.69) is 48.2 Å². The van der Waals surface area contributed by atoms with Crippen LogP contribution in [0.5, 0.6) is 0 Å². The number of hydrogen-bond donors (Lipinski definition) is 0. The highest BCUT2D eigenvalue weighted by molar-refractivity contribution is 5.34. The second-order valence-electron chi connectivity index (χ2n) is 4.86. The number of benzene rings is 2. The lowest BCUT2D eigenvalue weighted by atomic mass is 10.0. The van der Waals surface area contributed by atoms with E-state index in [9.17, 15) is 0 Å². The molecule has 1 nitrogen and oxygen atoms in total. The summed E-state index contributed by atoms with van der Waals surface area (Å²) < 4.78 is 8.09. The van der Waals surface area contributed by atoms with Gasteiger partial charge in [0.05, 0.1) is 13.5 Å². The Morgan fingerprint density at radius 2 is 1.56 bits per heavy atom. The fourth-order valence-corrected chi connectivity index (χ4v) is 2.78. The summed E-state index contributed by atoms with van der Waals surface area (Å²) in [6.07, 6.45) is 1.15. The predicted octanol–water partition coefficient (Wildman–Crippen LogP) is 4.19. The van der Waals surface area contributed by atoms with E-state index in [0.717, 1.165) is 18.5 Å². The van der Waals surface area contributed by atoms with Gasteiger partial charge in [-0.15, -0.1) is 0 Å². The van der Waals surface area contributed by atoms with Gasteiger partial charge in [0.1, 0.15) is 0 Å². The van der Waals surface area contributed by atoms with Crippen molar-refractivity contribution in [1.82, 2.24) is 4.90 Å². The first-order chi connectivity index (χ1) is 9.33. The van der Waals surface area contributed by atoms with E-state index in [1.165, 1.54) is 5.56 Å². The highest BCUT2D eigenvalue weighted by Crippen LogP contribution is 2.54. The van der Waals surface area contributed by atoms with Crippen LogP contribution in [0.2, 0.25) is 0 Å². The monoisotopic (exact) mass is 238 g/mol. The Hall–Kier alpha value is -1.60. The molecule has 1 heteroatoms. The van der Waals surface area contributed by atoms with E-state index in [0.29, 0.717) is 18.1 Å². The van der Waals surface area contributed by atoms with Crippen LogP contribution >= 0.6 is 0 Å². The minimum atomic E-state index is 0.385. The van der Waals surface area contributed by atoms with Gasteiger partial charge in [0.15, 0.2) is 0 Å². The smallest absolute Gasteiger partial charge is 0.0626 e. The van der Waals surface area contributed by atoms with Crippen LogP contribution < -0.4 is 0 Å². The maximum absolute atomic E-state index is 8.09. The number of hydrogen-bond acceptors (Lipinski definition) is 1. The summed E-state index contributed by atoms with van der Waals surface area (Å²) in [6, 6.07) is 20.1. The molecule has 0 radical (unpaired) electrons. The van der Waals surface area contributed by atoms with Crippen molar-refractivity contribution in [3.63, 3.8) is 0 Å². The summed E-state index contributed by atoms with van der Waals surface area (Å²) >= 11 is 0. The van der Waals surface area contributed by atoms with Gasteiger partial charge in [0, 0.05) is 0 Å². The van der Waals surface area contributed by atoms with Crippen LogP contribution in [0.15, 0.2) is 60.6 Å². The highest BCUT2D eigenvalue weighted by atomic mass is 15.3. The normalized spacial score (nSPS) is 26.7. The Morgan fingerprint density at radius 1 is 0.944 bits per heavy atom. The van der Waals surface area contributed by atoms with E-state index in [1.54, 1.807) is 0 Å². The summed E-state index contributed by atoms with van der Waals surface area (Å²) in [4.78, 5) is 2.49. The molecule has 0 N–H and O–H groups in total. The van der Waals surface area contributed by atoms with Gasteiger partial charge in [-0.1, -0.05) is 67.6 Å². The van der Waals surface area contributed by atoms with Crippen molar-refractivity contribution in [1.29, 1.82) is 0 Å².